The van der Waals surface area contributed by atoms with E-state index in [2.05, 4.69) is 18.4 Å². The third kappa shape index (κ3) is 3.53. The van der Waals surface area contributed by atoms with Crippen LogP contribution < -0.4 is 11.3 Å². The lowest BCUT2D eigenvalue weighted by Crippen LogP contribution is -2.57. The highest BCUT2D eigenvalue weighted by atomic mass is 35.5. The van der Waals surface area contributed by atoms with Crippen molar-refractivity contribution in [1.82, 2.24) is 5.43 Å². The maximum absolute atomic E-state index is 6.06. The maximum atomic E-state index is 6.06. The first-order valence-electron chi connectivity index (χ1n) is 7.35. The number of hydrogen-bond acceptors (Lipinski definition) is 3. The van der Waals surface area contributed by atoms with E-state index >= 15 is 0 Å². The van der Waals surface area contributed by atoms with Gasteiger partial charge in [0.2, 0.25) is 0 Å². The predicted octanol–water partition coefficient (Wildman–Crippen LogP) is 3.31. The van der Waals surface area contributed by atoms with Crippen molar-refractivity contribution in [3.63, 3.8) is 0 Å². The molecule has 1 aromatic rings. The van der Waals surface area contributed by atoms with Crippen molar-refractivity contribution in [1.29, 1.82) is 0 Å². The van der Waals surface area contributed by atoms with Gasteiger partial charge in [-0.25, -0.2) is 0 Å². The monoisotopic (exact) mass is 296 g/mol. The number of hydrazine groups is 1. The van der Waals surface area contributed by atoms with Crippen molar-refractivity contribution in [3.05, 3.63) is 34.9 Å². The molecule has 0 saturated heterocycles. The normalized spacial score (nSPS) is 28.3. The second-order valence-electron chi connectivity index (χ2n) is 6.00. The Morgan fingerprint density at radius 1 is 1.45 bits per heavy atom. The second kappa shape index (κ2) is 6.90. The highest BCUT2D eigenvalue weighted by Crippen LogP contribution is 2.37. The molecule has 0 aliphatic heterocycles. The Bertz CT molecular complexity index is 430. The molecule has 0 heterocycles. The number of nitrogens with two attached hydrogens (primary N) is 1. The number of ether oxygens (including phenoxy) is 1. The smallest absolute Gasteiger partial charge is 0.0847 e. The van der Waals surface area contributed by atoms with E-state index in [0.29, 0.717) is 0 Å². The zero-order valence-corrected chi connectivity index (χ0v) is 13.1. The van der Waals surface area contributed by atoms with E-state index in [1.807, 2.05) is 18.2 Å². The molecule has 0 radical (unpaired) electrons. The summed E-state index contributed by atoms with van der Waals surface area (Å²) in [6, 6.07) is 8.07. The number of methoxy groups -OCH3 is 1. The summed E-state index contributed by atoms with van der Waals surface area (Å²) in [4.78, 5) is 0. The fourth-order valence-corrected chi connectivity index (χ4v) is 3.45. The lowest BCUT2D eigenvalue weighted by molar-refractivity contribution is -0.0746. The van der Waals surface area contributed by atoms with Gasteiger partial charge in [-0.1, -0.05) is 30.7 Å². The molecule has 4 heteroatoms. The Kier molecular flexibility index (Phi) is 5.44. The largest absolute Gasteiger partial charge is 0.377 e. The molecule has 1 atom stereocenters. The number of rotatable bonds is 5. The lowest BCUT2D eigenvalue weighted by Gasteiger charge is -2.43. The minimum atomic E-state index is -0.163. The van der Waals surface area contributed by atoms with E-state index in [9.17, 15) is 0 Å². The fraction of sp³-hybridized carbons (Fsp3) is 0.625. The van der Waals surface area contributed by atoms with E-state index < -0.39 is 0 Å². The zero-order valence-electron chi connectivity index (χ0n) is 12.4. The number of hydrogen-bond donors (Lipinski definition) is 2. The van der Waals surface area contributed by atoms with Crippen LogP contribution in [0.25, 0.3) is 0 Å². The van der Waals surface area contributed by atoms with Gasteiger partial charge in [0, 0.05) is 12.1 Å². The van der Waals surface area contributed by atoms with Gasteiger partial charge in [0.1, 0.15) is 0 Å². The van der Waals surface area contributed by atoms with Gasteiger partial charge in [-0.15, -0.1) is 0 Å². The van der Waals surface area contributed by atoms with Crippen molar-refractivity contribution in [2.75, 3.05) is 7.11 Å². The van der Waals surface area contributed by atoms with E-state index in [-0.39, 0.29) is 11.6 Å². The molecule has 112 valence electrons. The van der Waals surface area contributed by atoms with Crippen LogP contribution >= 0.6 is 11.6 Å². The quantitative estimate of drug-likeness (QED) is 0.647. The first kappa shape index (κ1) is 15.8. The topological polar surface area (TPSA) is 47.3 Å². The summed E-state index contributed by atoms with van der Waals surface area (Å²) >= 11 is 6.06. The Balaban J connectivity index is 2.13. The molecule has 1 fully saturated rings. The average molecular weight is 297 g/mol. The summed E-state index contributed by atoms with van der Waals surface area (Å²) in [5.74, 6) is 6.60. The molecule has 20 heavy (non-hydrogen) atoms. The molecule has 0 spiro atoms. The van der Waals surface area contributed by atoms with Crippen LogP contribution in [-0.4, -0.2) is 18.8 Å². The molecule has 1 aromatic carbocycles. The predicted molar refractivity (Wildman–Crippen MR) is 83.6 cm³/mol. The summed E-state index contributed by atoms with van der Waals surface area (Å²) in [6.45, 7) is 2.31. The van der Waals surface area contributed by atoms with Crippen LogP contribution in [0.15, 0.2) is 24.3 Å². The highest BCUT2D eigenvalue weighted by Gasteiger charge is 2.41. The summed E-state index contributed by atoms with van der Waals surface area (Å²) in [5, 5.41) is 0.766. The van der Waals surface area contributed by atoms with Crippen LogP contribution in [0, 0.1) is 5.92 Å². The molecule has 1 aliphatic carbocycles. The first-order chi connectivity index (χ1) is 9.59. The van der Waals surface area contributed by atoms with Crippen LogP contribution in [0.3, 0.4) is 0 Å². The molecular weight excluding hydrogens is 272 g/mol. The van der Waals surface area contributed by atoms with E-state index in [1.165, 1.54) is 18.4 Å². The summed E-state index contributed by atoms with van der Waals surface area (Å²) in [5.41, 5.74) is 4.01. The van der Waals surface area contributed by atoms with Gasteiger partial charge in [0.05, 0.1) is 11.6 Å². The van der Waals surface area contributed by atoms with Crippen LogP contribution in [0.5, 0.6) is 0 Å². The number of nitrogens with one attached hydrogen (secondary N) is 1. The van der Waals surface area contributed by atoms with Crippen molar-refractivity contribution in [3.8, 4) is 0 Å². The van der Waals surface area contributed by atoms with Crippen LogP contribution in [-0.2, 0) is 11.2 Å². The van der Waals surface area contributed by atoms with Crippen molar-refractivity contribution >= 4 is 11.6 Å². The van der Waals surface area contributed by atoms with Gasteiger partial charge in [0.15, 0.2) is 0 Å². The van der Waals surface area contributed by atoms with E-state index in [1.54, 1.807) is 7.11 Å². The Hall–Kier alpha value is -0.610. The van der Waals surface area contributed by atoms with Gasteiger partial charge >= 0.3 is 0 Å². The third-order valence-corrected chi connectivity index (χ3v) is 4.93. The zero-order chi connectivity index (χ0) is 14.6. The van der Waals surface area contributed by atoms with Gasteiger partial charge in [-0.2, -0.15) is 0 Å². The standard InChI is InChI=1S/C16H25ClN2O/c1-12-6-8-16(20-2,9-7-12)15(19-18)11-13-4-3-5-14(17)10-13/h3-5,10,12,15,19H,6-9,11,18H2,1-2H3. The lowest BCUT2D eigenvalue weighted by atomic mass is 9.74. The van der Waals surface area contributed by atoms with Gasteiger partial charge in [-0.3, -0.25) is 11.3 Å². The third-order valence-electron chi connectivity index (χ3n) is 4.69. The van der Waals surface area contributed by atoms with Gasteiger partial charge in [0.25, 0.3) is 0 Å². The first-order valence-corrected chi connectivity index (χ1v) is 7.73. The Morgan fingerprint density at radius 2 is 2.15 bits per heavy atom. The summed E-state index contributed by atoms with van der Waals surface area (Å²) < 4.78 is 5.91. The average Bonchev–Trinajstić information content (AvgIpc) is 2.46. The van der Waals surface area contributed by atoms with Gasteiger partial charge < -0.3 is 4.74 Å². The second-order valence-corrected chi connectivity index (χ2v) is 6.44. The molecule has 0 amide bonds. The van der Waals surface area contributed by atoms with E-state index in [0.717, 1.165) is 30.2 Å². The SMILES string of the molecule is COC1(C(Cc2cccc(Cl)c2)NN)CCC(C)CC1. The Labute approximate surface area is 126 Å². The van der Waals surface area contributed by atoms with Crippen LogP contribution in [0.1, 0.15) is 38.2 Å². The highest BCUT2D eigenvalue weighted by molar-refractivity contribution is 6.30. The molecule has 3 N–H and O–H groups in total. The van der Waals surface area contributed by atoms with Crippen molar-refractivity contribution in [2.45, 2.75) is 50.7 Å². The molecule has 3 nitrogen and oxygen atoms in total. The van der Waals surface area contributed by atoms with Crippen LogP contribution in [0.2, 0.25) is 5.02 Å². The van der Waals surface area contributed by atoms with Crippen molar-refractivity contribution in [2.24, 2.45) is 11.8 Å². The fourth-order valence-electron chi connectivity index (χ4n) is 3.24. The van der Waals surface area contributed by atoms with E-state index in [4.69, 9.17) is 22.2 Å². The molecule has 0 aromatic heterocycles. The minimum absolute atomic E-state index is 0.110. The summed E-state index contributed by atoms with van der Waals surface area (Å²) in [6.07, 6.45) is 5.34. The number of benzene rings is 1. The van der Waals surface area contributed by atoms with Gasteiger partial charge in [-0.05, 0) is 55.7 Å². The van der Waals surface area contributed by atoms with Crippen molar-refractivity contribution < 1.29 is 4.74 Å². The minimum Gasteiger partial charge on any atom is -0.377 e. The molecule has 1 saturated carbocycles. The molecule has 2 rings (SSSR count). The Morgan fingerprint density at radius 3 is 2.70 bits per heavy atom. The molecular formula is C16H25ClN2O. The number of halogens is 1. The van der Waals surface area contributed by atoms with Crippen LogP contribution in [0.4, 0.5) is 0 Å². The molecule has 1 unspecified atom stereocenters. The summed E-state index contributed by atoms with van der Waals surface area (Å²) in [7, 11) is 1.80. The molecule has 0 bridgehead atoms. The maximum Gasteiger partial charge on any atom is 0.0847 e. The molecule has 1 aliphatic rings.